The van der Waals surface area contributed by atoms with Crippen molar-refractivity contribution >= 4 is 5.97 Å². The lowest BCUT2D eigenvalue weighted by molar-refractivity contribution is -0.143. The van der Waals surface area contributed by atoms with Crippen LogP contribution in [0, 0.1) is 0 Å². The van der Waals surface area contributed by atoms with Crippen LogP contribution in [-0.4, -0.2) is 12.6 Å². The van der Waals surface area contributed by atoms with Crippen molar-refractivity contribution in [3.63, 3.8) is 0 Å². The summed E-state index contributed by atoms with van der Waals surface area (Å²) in [5.74, 6) is 0.0169. The molecule has 0 aliphatic carbocycles. The highest BCUT2D eigenvalue weighted by Crippen LogP contribution is 2.14. The molecule has 0 aromatic heterocycles. The number of carbonyl (C=O) groups excluding carboxylic acids is 1. The van der Waals surface area contributed by atoms with Gasteiger partial charge in [-0.3, -0.25) is 4.79 Å². The number of carbonyl (C=O) groups is 1. The number of rotatable bonds is 24. The van der Waals surface area contributed by atoms with E-state index in [1.165, 1.54) is 135 Å². The van der Waals surface area contributed by atoms with Crippen LogP contribution >= 0.6 is 0 Å². The summed E-state index contributed by atoms with van der Waals surface area (Å²) >= 11 is 0. The molecule has 0 rings (SSSR count). The van der Waals surface area contributed by atoms with Crippen LogP contribution in [0.4, 0.5) is 0 Å². The van der Waals surface area contributed by atoms with Crippen LogP contribution in [0.15, 0.2) is 0 Å². The maximum atomic E-state index is 11.7. The predicted molar refractivity (Wildman–Crippen MR) is 149 cm³/mol. The van der Waals surface area contributed by atoms with E-state index >= 15 is 0 Å². The Morgan fingerprint density at radius 2 is 0.727 bits per heavy atom. The summed E-state index contributed by atoms with van der Waals surface area (Å²) in [6.45, 7) is 9.51. The molecular weight excluding hydrogens is 406 g/mol. The van der Waals surface area contributed by atoms with Crippen LogP contribution < -0.4 is 6.15 Å². The molecule has 3 heteroatoms. The fourth-order valence-corrected chi connectivity index (χ4v) is 3.78. The van der Waals surface area contributed by atoms with Crippen LogP contribution in [0.25, 0.3) is 0 Å². The third-order valence-electron chi connectivity index (χ3n) is 6.25. The molecule has 3 N–H and O–H groups in total. The number of unbranched alkanes of at least 4 members (excludes halogenated alkanes) is 20. The van der Waals surface area contributed by atoms with Crippen molar-refractivity contribution in [3.8, 4) is 0 Å². The zero-order valence-corrected chi connectivity index (χ0v) is 23.7. The molecule has 0 amide bonds. The fraction of sp³-hybridized carbons (Fsp3) is 0.967. The Labute approximate surface area is 210 Å². The second kappa shape index (κ2) is 36.0. The third-order valence-corrected chi connectivity index (χ3v) is 6.25. The maximum Gasteiger partial charge on any atom is 0.305 e. The predicted octanol–water partition coefficient (Wildman–Crippen LogP) is 11.1. The van der Waals surface area contributed by atoms with Crippen LogP contribution in [-0.2, 0) is 9.53 Å². The molecule has 3 nitrogen and oxygen atoms in total. The van der Waals surface area contributed by atoms with Crippen molar-refractivity contribution in [1.29, 1.82) is 0 Å². The molecule has 0 unspecified atom stereocenters. The van der Waals surface area contributed by atoms with E-state index < -0.39 is 0 Å². The normalized spacial score (nSPS) is 10.3. The molecule has 0 aliphatic rings. The van der Waals surface area contributed by atoms with Gasteiger partial charge in [-0.2, -0.15) is 0 Å². The summed E-state index contributed by atoms with van der Waals surface area (Å²) in [7, 11) is 0. The van der Waals surface area contributed by atoms with E-state index in [1.807, 2.05) is 0 Å². The highest BCUT2D eigenvalue weighted by atomic mass is 16.5. The molecule has 0 fully saturated rings. The quantitative estimate of drug-likeness (QED) is 0.112. The second-order valence-corrected chi connectivity index (χ2v) is 9.69. The summed E-state index contributed by atoms with van der Waals surface area (Å²) in [4.78, 5) is 11.7. The Kier molecular flexibility index (Phi) is 40.4. The monoisotopic (exact) mass is 472 g/mol. The highest BCUT2D eigenvalue weighted by Gasteiger charge is 2.02. The van der Waals surface area contributed by atoms with E-state index in [0.29, 0.717) is 13.0 Å². The van der Waals surface area contributed by atoms with Gasteiger partial charge in [-0.05, 0) is 12.8 Å². The molecule has 0 saturated heterocycles. The molecule has 0 bridgehead atoms. The van der Waals surface area contributed by atoms with Crippen LogP contribution in [0.2, 0.25) is 0 Å². The van der Waals surface area contributed by atoms with Gasteiger partial charge in [-0.15, -0.1) is 0 Å². The first-order chi connectivity index (χ1) is 15.7. The molecule has 0 aliphatic heterocycles. The lowest BCUT2D eigenvalue weighted by Crippen LogP contribution is -2.05. The smallest absolute Gasteiger partial charge is 0.305 e. The minimum Gasteiger partial charge on any atom is -0.466 e. The van der Waals surface area contributed by atoms with E-state index in [2.05, 4.69) is 27.7 Å². The average Bonchev–Trinajstić information content (AvgIpc) is 2.81. The molecule has 202 valence electrons. The van der Waals surface area contributed by atoms with Gasteiger partial charge in [0.2, 0.25) is 0 Å². The number of hydrogen-bond acceptors (Lipinski definition) is 3. The van der Waals surface area contributed by atoms with E-state index in [9.17, 15) is 4.79 Å². The standard InChI is InChI=1S/C26H52O2.C4H10.H3N/c1-3-5-7-9-11-12-13-14-15-16-17-18-19-20-22-24-26(27)28-25-23-21-10-8-6-4-2;1-3-4-2;/h3-25H2,1-2H3;3-4H2,1-2H3;1H3. The van der Waals surface area contributed by atoms with Gasteiger partial charge in [-0.25, -0.2) is 0 Å². The molecular formula is C30H65NO2. The minimum atomic E-state index is 0. The van der Waals surface area contributed by atoms with Gasteiger partial charge in [0, 0.05) is 6.42 Å². The lowest BCUT2D eigenvalue weighted by atomic mass is 10.0. The summed E-state index contributed by atoms with van der Waals surface area (Å²) < 4.78 is 5.33. The topological polar surface area (TPSA) is 61.3 Å². The Morgan fingerprint density at radius 1 is 0.424 bits per heavy atom. The number of ether oxygens (including phenoxy) is 1. The molecule has 33 heavy (non-hydrogen) atoms. The van der Waals surface area contributed by atoms with E-state index in [1.54, 1.807) is 0 Å². The van der Waals surface area contributed by atoms with Crippen molar-refractivity contribution in [3.05, 3.63) is 0 Å². The van der Waals surface area contributed by atoms with Crippen LogP contribution in [0.3, 0.4) is 0 Å². The van der Waals surface area contributed by atoms with E-state index in [-0.39, 0.29) is 12.1 Å². The van der Waals surface area contributed by atoms with Crippen LogP contribution in [0.5, 0.6) is 0 Å². The molecule has 0 atom stereocenters. The van der Waals surface area contributed by atoms with Gasteiger partial charge in [0.05, 0.1) is 6.61 Å². The van der Waals surface area contributed by atoms with Gasteiger partial charge >= 0.3 is 5.97 Å². The minimum absolute atomic E-state index is 0. The van der Waals surface area contributed by atoms with Crippen molar-refractivity contribution in [2.45, 2.75) is 182 Å². The van der Waals surface area contributed by atoms with Crippen molar-refractivity contribution < 1.29 is 9.53 Å². The van der Waals surface area contributed by atoms with Crippen LogP contribution in [0.1, 0.15) is 182 Å². The first-order valence-electron chi connectivity index (χ1n) is 14.9. The molecule has 0 radical (unpaired) electrons. The van der Waals surface area contributed by atoms with Gasteiger partial charge in [0.25, 0.3) is 0 Å². The fourth-order valence-electron chi connectivity index (χ4n) is 3.78. The van der Waals surface area contributed by atoms with E-state index in [4.69, 9.17) is 4.74 Å². The zero-order chi connectivity index (χ0) is 24.0. The number of hydrogen-bond donors (Lipinski definition) is 1. The summed E-state index contributed by atoms with van der Waals surface area (Å²) in [5.41, 5.74) is 0. The Morgan fingerprint density at radius 3 is 1.06 bits per heavy atom. The van der Waals surface area contributed by atoms with Gasteiger partial charge < -0.3 is 10.9 Å². The SMILES string of the molecule is CCCC.CCCCCCCCCCCCCCCCCC(=O)OCCCCCCCC.N. The van der Waals surface area contributed by atoms with Crippen molar-refractivity contribution in [2.24, 2.45) is 0 Å². The summed E-state index contributed by atoms with van der Waals surface area (Å²) in [6.07, 6.45) is 31.1. The Hall–Kier alpha value is -0.570. The van der Waals surface area contributed by atoms with Gasteiger partial charge in [-0.1, -0.05) is 163 Å². The largest absolute Gasteiger partial charge is 0.466 e. The second-order valence-electron chi connectivity index (χ2n) is 9.69. The first-order valence-corrected chi connectivity index (χ1v) is 14.9. The third kappa shape index (κ3) is 39.0. The summed E-state index contributed by atoms with van der Waals surface area (Å²) in [6, 6.07) is 0. The van der Waals surface area contributed by atoms with E-state index in [0.717, 1.165) is 12.8 Å². The molecule has 0 aromatic carbocycles. The lowest BCUT2D eigenvalue weighted by Gasteiger charge is -2.05. The molecule has 0 saturated carbocycles. The van der Waals surface area contributed by atoms with Gasteiger partial charge in [0.1, 0.15) is 0 Å². The molecule has 0 spiro atoms. The molecule has 0 aromatic rings. The first kappa shape index (κ1) is 37.0. The molecule has 0 heterocycles. The number of esters is 1. The average molecular weight is 472 g/mol. The van der Waals surface area contributed by atoms with Crippen molar-refractivity contribution in [1.82, 2.24) is 6.15 Å². The Balaban J connectivity index is -0.00000165. The maximum absolute atomic E-state index is 11.7. The zero-order valence-electron chi connectivity index (χ0n) is 23.7. The summed E-state index contributed by atoms with van der Waals surface area (Å²) in [5, 5.41) is 0. The Bertz CT molecular complexity index is 331. The highest BCUT2D eigenvalue weighted by molar-refractivity contribution is 5.69. The van der Waals surface area contributed by atoms with Crippen molar-refractivity contribution in [2.75, 3.05) is 6.61 Å². The van der Waals surface area contributed by atoms with Gasteiger partial charge in [0.15, 0.2) is 0 Å².